The number of hydrogen-bond donors (Lipinski definition) is 2. The first-order valence-electron chi connectivity index (χ1n) is 6.08. The summed E-state index contributed by atoms with van der Waals surface area (Å²) in [5, 5.41) is 13.1. The second-order valence-corrected chi connectivity index (χ2v) is 4.45. The highest BCUT2D eigenvalue weighted by Crippen LogP contribution is 2.25. The van der Waals surface area contributed by atoms with E-state index in [4.69, 9.17) is 9.52 Å². The number of pyridine rings is 1. The van der Waals surface area contributed by atoms with E-state index in [0.717, 1.165) is 16.7 Å². The van der Waals surface area contributed by atoms with Crippen LogP contribution >= 0.6 is 0 Å². The summed E-state index contributed by atoms with van der Waals surface area (Å²) in [5.74, 6) is -0.247. The molecule has 3 rings (SSSR count). The summed E-state index contributed by atoms with van der Waals surface area (Å²) in [6.45, 7) is 1.76. The zero-order valence-electron chi connectivity index (χ0n) is 10.8. The first-order chi connectivity index (χ1) is 9.65. The molecule has 0 atom stereocenters. The van der Waals surface area contributed by atoms with Gasteiger partial charge in [-0.2, -0.15) is 0 Å². The maximum Gasteiger partial charge on any atom is 0.335 e. The molecule has 5 heteroatoms. The minimum Gasteiger partial charge on any atom is -0.478 e. The molecular weight excluding hydrogens is 256 g/mol. The van der Waals surface area contributed by atoms with Crippen LogP contribution in [0.15, 0.2) is 47.2 Å². The summed E-state index contributed by atoms with van der Waals surface area (Å²) < 4.78 is 5.31. The molecule has 5 nitrogen and oxygen atoms in total. The van der Waals surface area contributed by atoms with Crippen molar-refractivity contribution >= 4 is 28.4 Å². The van der Waals surface area contributed by atoms with Gasteiger partial charge in [0.05, 0.1) is 17.2 Å². The molecule has 3 aromatic rings. The maximum absolute atomic E-state index is 11.0. The number of hydrogen-bond acceptors (Lipinski definition) is 4. The Morgan fingerprint density at radius 3 is 2.90 bits per heavy atom. The lowest BCUT2D eigenvalue weighted by Crippen LogP contribution is -2.01. The zero-order chi connectivity index (χ0) is 14.1. The van der Waals surface area contributed by atoms with Crippen LogP contribution in [-0.4, -0.2) is 16.1 Å². The molecule has 2 aromatic heterocycles. The Kier molecular flexibility index (Phi) is 2.87. The molecule has 2 heterocycles. The third-order valence-corrected chi connectivity index (χ3v) is 3.10. The molecular formula is C15H12N2O3. The number of benzene rings is 1. The number of aromatic nitrogens is 1. The van der Waals surface area contributed by atoms with E-state index in [2.05, 4.69) is 10.3 Å². The molecule has 0 amide bonds. The number of aryl methyl sites for hydroxylation is 1. The van der Waals surface area contributed by atoms with E-state index in [1.54, 1.807) is 43.6 Å². The molecule has 0 aliphatic heterocycles. The van der Waals surface area contributed by atoms with Crippen LogP contribution in [0.2, 0.25) is 0 Å². The Hall–Kier alpha value is -2.82. The fraction of sp³-hybridized carbons (Fsp3) is 0.0667. The largest absolute Gasteiger partial charge is 0.478 e. The average molecular weight is 268 g/mol. The van der Waals surface area contributed by atoms with Gasteiger partial charge in [0.15, 0.2) is 0 Å². The lowest BCUT2D eigenvalue weighted by atomic mass is 10.1. The van der Waals surface area contributed by atoms with Crippen molar-refractivity contribution in [3.05, 3.63) is 53.9 Å². The molecule has 2 N–H and O–H groups in total. The molecule has 100 valence electrons. The van der Waals surface area contributed by atoms with Gasteiger partial charge in [-0.25, -0.2) is 9.78 Å². The highest BCUT2D eigenvalue weighted by molar-refractivity contribution is 5.92. The number of rotatable bonds is 3. The summed E-state index contributed by atoms with van der Waals surface area (Å²) in [6.07, 6.45) is 3.27. The molecule has 0 saturated heterocycles. The molecule has 1 aromatic carbocycles. The topological polar surface area (TPSA) is 75.4 Å². The predicted octanol–water partition coefficient (Wildman–Crippen LogP) is 3.58. The number of carboxylic acids is 1. The van der Waals surface area contributed by atoms with Gasteiger partial charge in [0.25, 0.3) is 0 Å². The molecule has 0 spiro atoms. The molecule has 0 saturated carbocycles. The molecule has 0 aliphatic rings. The lowest BCUT2D eigenvalue weighted by molar-refractivity contribution is 0.0696. The van der Waals surface area contributed by atoms with Crippen molar-refractivity contribution in [2.24, 2.45) is 0 Å². The first-order valence-corrected chi connectivity index (χ1v) is 6.08. The Balaban J connectivity index is 1.97. The number of carboxylic acid groups (broad SMARTS) is 1. The van der Waals surface area contributed by atoms with E-state index in [9.17, 15) is 4.79 Å². The van der Waals surface area contributed by atoms with E-state index in [0.29, 0.717) is 16.9 Å². The Bertz CT molecular complexity index is 793. The molecule has 0 unspecified atom stereocenters. The van der Waals surface area contributed by atoms with Gasteiger partial charge in [0.1, 0.15) is 11.4 Å². The number of furan rings is 1. The van der Waals surface area contributed by atoms with Gasteiger partial charge >= 0.3 is 5.97 Å². The van der Waals surface area contributed by atoms with Gasteiger partial charge in [-0.15, -0.1) is 0 Å². The van der Waals surface area contributed by atoms with E-state index in [-0.39, 0.29) is 0 Å². The number of carbonyl (C=O) groups is 1. The van der Waals surface area contributed by atoms with Crippen molar-refractivity contribution in [1.29, 1.82) is 0 Å². The summed E-state index contributed by atoms with van der Waals surface area (Å²) in [5.41, 5.74) is 2.53. The fourth-order valence-corrected chi connectivity index (χ4v) is 2.11. The highest BCUT2D eigenvalue weighted by Gasteiger charge is 2.09. The minimum atomic E-state index is -0.927. The minimum absolute atomic E-state index is 0.296. The van der Waals surface area contributed by atoms with Crippen molar-refractivity contribution in [2.45, 2.75) is 6.92 Å². The SMILES string of the molecule is Cc1cc(Nc2nccc3occc23)ccc1C(=O)O. The molecule has 0 bridgehead atoms. The predicted molar refractivity (Wildman–Crippen MR) is 75.4 cm³/mol. The van der Waals surface area contributed by atoms with Crippen LogP contribution in [0.5, 0.6) is 0 Å². The van der Waals surface area contributed by atoms with Crippen molar-refractivity contribution in [3.63, 3.8) is 0 Å². The third-order valence-electron chi connectivity index (χ3n) is 3.10. The quantitative estimate of drug-likeness (QED) is 0.759. The summed E-state index contributed by atoms with van der Waals surface area (Å²) >= 11 is 0. The van der Waals surface area contributed by atoms with Gasteiger partial charge in [-0.1, -0.05) is 0 Å². The van der Waals surface area contributed by atoms with E-state index >= 15 is 0 Å². The van der Waals surface area contributed by atoms with Crippen LogP contribution in [0.25, 0.3) is 11.0 Å². The first kappa shape index (κ1) is 12.2. The Labute approximate surface area is 114 Å². The monoisotopic (exact) mass is 268 g/mol. The standard InChI is InChI=1S/C15H12N2O3/c1-9-8-10(2-3-11(9)15(18)19)17-14-12-5-7-20-13(12)4-6-16-14/h2-8H,1H3,(H,16,17)(H,18,19). The Morgan fingerprint density at radius 1 is 1.30 bits per heavy atom. The van der Waals surface area contributed by atoms with Gasteiger partial charge in [0, 0.05) is 11.9 Å². The van der Waals surface area contributed by atoms with Crippen LogP contribution in [0.1, 0.15) is 15.9 Å². The summed E-state index contributed by atoms with van der Waals surface area (Å²) in [7, 11) is 0. The number of nitrogens with one attached hydrogen (secondary N) is 1. The zero-order valence-corrected chi connectivity index (χ0v) is 10.8. The van der Waals surface area contributed by atoms with Crippen LogP contribution in [0.4, 0.5) is 11.5 Å². The van der Waals surface area contributed by atoms with Crippen molar-refractivity contribution in [3.8, 4) is 0 Å². The molecule has 0 radical (unpaired) electrons. The summed E-state index contributed by atoms with van der Waals surface area (Å²) in [4.78, 5) is 15.3. The molecule has 0 fully saturated rings. The smallest absolute Gasteiger partial charge is 0.335 e. The van der Waals surface area contributed by atoms with E-state index < -0.39 is 5.97 Å². The maximum atomic E-state index is 11.0. The van der Waals surface area contributed by atoms with Crippen molar-refractivity contribution < 1.29 is 14.3 Å². The number of fused-ring (bicyclic) bond motifs is 1. The number of aromatic carboxylic acids is 1. The van der Waals surface area contributed by atoms with Crippen LogP contribution in [0.3, 0.4) is 0 Å². The average Bonchev–Trinajstić information content (AvgIpc) is 2.87. The number of anilines is 2. The third kappa shape index (κ3) is 2.09. The highest BCUT2D eigenvalue weighted by atomic mass is 16.4. The van der Waals surface area contributed by atoms with Gasteiger partial charge < -0.3 is 14.8 Å². The fourth-order valence-electron chi connectivity index (χ4n) is 2.11. The van der Waals surface area contributed by atoms with Crippen LogP contribution in [0, 0.1) is 6.92 Å². The van der Waals surface area contributed by atoms with E-state index in [1.807, 2.05) is 6.07 Å². The number of nitrogens with zero attached hydrogens (tertiary/aromatic N) is 1. The molecule has 20 heavy (non-hydrogen) atoms. The Morgan fingerprint density at radius 2 is 2.15 bits per heavy atom. The summed E-state index contributed by atoms with van der Waals surface area (Å²) in [6, 6.07) is 8.71. The molecule has 0 aliphatic carbocycles. The van der Waals surface area contributed by atoms with E-state index in [1.165, 1.54) is 0 Å². The van der Waals surface area contributed by atoms with Crippen LogP contribution in [-0.2, 0) is 0 Å². The van der Waals surface area contributed by atoms with Crippen LogP contribution < -0.4 is 5.32 Å². The van der Waals surface area contributed by atoms with Gasteiger partial charge in [0.2, 0.25) is 0 Å². The van der Waals surface area contributed by atoms with Gasteiger partial charge in [-0.05, 0) is 42.8 Å². The second kappa shape index (κ2) is 4.70. The van der Waals surface area contributed by atoms with Gasteiger partial charge in [-0.3, -0.25) is 0 Å². The van der Waals surface area contributed by atoms with Crippen molar-refractivity contribution in [1.82, 2.24) is 4.98 Å². The lowest BCUT2D eigenvalue weighted by Gasteiger charge is -2.08. The normalized spacial score (nSPS) is 10.7. The van der Waals surface area contributed by atoms with Crippen molar-refractivity contribution in [2.75, 3.05) is 5.32 Å². The second-order valence-electron chi connectivity index (χ2n) is 4.45.